The van der Waals surface area contributed by atoms with Crippen molar-refractivity contribution in [3.05, 3.63) is 64.2 Å². The van der Waals surface area contributed by atoms with Crippen LogP contribution < -0.4 is 10.2 Å². The van der Waals surface area contributed by atoms with E-state index in [9.17, 15) is 44.3 Å². The first kappa shape index (κ1) is 29.6. The molecule has 1 N–H and O–H groups in total. The Bertz CT molecular complexity index is 1130. The summed E-state index contributed by atoms with van der Waals surface area (Å²) in [6.07, 6.45) is -16.0. The highest BCUT2D eigenvalue weighted by atomic mass is 19.4. The Balaban J connectivity index is 2.31. The van der Waals surface area contributed by atoms with E-state index in [2.05, 4.69) is 5.32 Å². The summed E-state index contributed by atoms with van der Waals surface area (Å²) < 4.78 is 129. The Morgan fingerprint density at radius 3 is 2.00 bits per heavy atom. The largest absolute Gasteiger partial charge is 0.449 e. The predicted molar refractivity (Wildman–Crippen MR) is 121 cm³/mol. The summed E-state index contributed by atoms with van der Waals surface area (Å²) in [7, 11) is 1.24. The number of amides is 1. The quantitative estimate of drug-likeness (QED) is 0.381. The lowest BCUT2D eigenvalue weighted by molar-refractivity contribution is -0.143. The van der Waals surface area contributed by atoms with Crippen LogP contribution in [0.3, 0.4) is 0 Å². The highest BCUT2D eigenvalue weighted by Crippen LogP contribution is 2.51. The van der Waals surface area contributed by atoms with Gasteiger partial charge in [-0.15, -0.1) is 0 Å². The van der Waals surface area contributed by atoms with Crippen molar-refractivity contribution in [3.63, 3.8) is 0 Å². The molecule has 2 aromatic carbocycles. The number of halogens is 9. The first-order chi connectivity index (χ1) is 17.5. The Kier molecular flexibility index (Phi) is 8.30. The zero-order valence-corrected chi connectivity index (χ0v) is 20.5. The number of likely N-dealkylation sites (N-methyl/N-ethyl adjacent to an activating group) is 1. The van der Waals surface area contributed by atoms with Gasteiger partial charge >= 0.3 is 24.6 Å². The molecule has 38 heavy (non-hydrogen) atoms. The molecule has 0 radical (unpaired) electrons. The monoisotopic (exact) mass is 556 g/mol. The van der Waals surface area contributed by atoms with E-state index in [0.29, 0.717) is 12.1 Å². The van der Waals surface area contributed by atoms with Crippen molar-refractivity contribution < 1.29 is 49.0 Å². The molecular weight excluding hydrogens is 531 g/mol. The van der Waals surface area contributed by atoms with Crippen LogP contribution in [0.1, 0.15) is 66.5 Å². The molecule has 0 aliphatic carbocycles. The van der Waals surface area contributed by atoms with Crippen LogP contribution in [-0.2, 0) is 23.3 Å². The minimum atomic E-state index is -5.14. The SMILES string of the molecule is CCOC(=O)N1c2cccc(C(F)(F)F)c2[C@H]([C@H](NC)c2cc(C(F)(F)F)cc(C(F)(F)F)c2)C[C@H]1CC. The average Bonchev–Trinajstić information content (AvgIpc) is 2.81. The number of carbonyl (C=O) groups excluding carboxylic acids is 1. The summed E-state index contributed by atoms with van der Waals surface area (Å²) in [5.41, 5.74) is -5.37. The van der Waals surface area contributed by atoms with Crippen LogP contribution in [0.25, 0.3) is 0 Å². The molecule has 0 saturated heterocycles. The number of rotatable bonds is 5. The third-order valence-corrected chi connectivity index (χ3v) is 6.53. The van der Waals surface area contributed by atoms with Gasteiger partial charge in [-0.2, -0.15) is 39.5 Å². The summed E-state index contributed by atoms with van der Waals surface area (Å²) in [4.78, 5) is 13.8. The van der Waals surface area contributed by atoms with E-state index in [4.69, 9.17) is 4.74 Å². The van der Waals surface area contributed by atoms with Gasteiger partial charge in [0.15, 0.2) is 0 Å². The molecule has 210 valence electrons. The van der Waals surface area contributed by atoms with E-state index >= 15 is 0 Å². The van der Waals surface area contributed by atoms with Crippen molar-refractivity contribution in [2.24, 2.45) is 0 Å². The van der Waals surface area contributed by atoms with Gasteiger partial charge in [0.2, 0.25) is 0 Å². The summed E-state index contributed by atoms with van der Waals surface area (Å²) >= 11 is 0. The second-order valence-electron chi connectivity index (χ2n) is 8.81. The van der Waals surface area contributed by atoms with Gasteiger partial charge in [-0.25, -0.2) is 4.79 Å². The summed E-state index contributed by atoms with van der Waals surface area (Å²) in [6, 6.07) is 1.96. The molecule has 4 nitrogen and oxygen atoms in total. The van der Waals surface area contributed by atoms with Crippen LogP contribution in [0.2, 0.25) is 0 Å². The molecule has 1 amide bonds. The van der Waals surface area contributed by atoms with Crippen molar-refractivity contribution >= 4 is 11.8 Å². The number of benzene rings is 2. The molecule has 0 unspecified atom stereocenters. The molecular formula is C25H25F9N2O2. The fourth-order valence-corrected chi connectivity index (χ4v) is 4.96. The lowest BCUT2D eigenvalue weighted by Crippen LogP contribution is -2.47. The number of hydrogen-bond donors (Lipinski definition) is 1. The van der Waals surface area contributed by atoms with Gasteiger partial charge < -0.3 is 10.1 Å². The fraction of sp³-hybridized carbons (Fsp3) is 0.480. The van der Waals surface area contributed by atoms with Gasteiger partial charge in [-0.1, -0.05) is 13.0 Å². The van der Waals surface area contributed by atoms with Crippen molar-refractivity contribution in [1.29, 1.82) is 0 Å². The zero-order chi connectivity index (χ0) is 28.6. The minimum Gasteiger partial charge on any atom is -0.449 e. The summed E-state index contributed by atoms with van der Waals surface area (Å²) in [5, 5.41) is 2.64. The van der Waals surface area contributed by atoms with E-state index in [1.165, 1.54) is 20.0 Å². The molecule has 1 heterocycles. The molecule has 13 heteroatoms. The summed E-state index contributed by atoms with van der Waals surface area (Å²) in [5.74, 6) is -1.24. The third-order valence-electron chi connectivity index (χ3n) is 6.53. The van der Waals surface area contributed by atoms with Gasteiger partial charge in [-0.3, -0.25) is 4.90 Å². The Hall–Kier alpha value is -2.96. The highest BCUT2D eigenvalue weighted by molar-refractivity contribution is 5.90. The van der Waals surface area contributed by atoms with Crippen LogP contribution in [0.15, 0.2) is 36.4 Å². The molecule has 2 aromatic rings. The number of nitrogens with one attached hydrogen (secondary N) is 1. The minimum absolute atomic E-state index is 0.0382. The maximum absolute atomic E-state index is 14.2. The normalized spacial score (nSPS) is 19.2. The third kappa shape index (κ3) is 5.87. The summed E-state index contributed by atoms with van der Waals surface area (Å²) in [6.45, 7) is 3.11. The van der Waals surface area contributed by atoms with E-state index in [0.717, 1.165) is 17.0 Å². The number of hydrogen-bond acceptors (Lipinski definition) is 3. The number of fused-ring (bicyclic) bond motifs is 1. The van der Waals surface area contributed by atoms with E-state index in [1.54, 1.807) is 6.92 Å². The van der Waals surface area contributed by atoms with Gasteiger partial charge in [0, 0.05) is 18.0 Å². The molecule has 0 bridgehead atoms. The molecule has 3 rings (SSSR count). The van der Waals surface area contributed by atoms with Crippen LogP contribution in [0.4, 0.5) is 50.0 Å². The highest BCUT2D eigenvalue weighted by Gasteiger charge is 2.46. The van der Waals surface area contributed by atoms with E-state index in [-0.39, 0.29) is 31.2 Å². The first-order valence-electron chi connectivity index (χ1n) is 11.7. The lowest BCUT2D eigenvalue weighted by atomic mass is 9.75. The molecule has 0 spiro atoms. The smallest absolute Gasteiger partial charge is 0.416 e. The first-order valence-corrected chi connectivity index (χ1v) is 11.7. The second-order valence-corrected chi connectivity index (χ2v) is 8.81. The molecule has 0 fully saturated rings. The van der Waals surface area contributed by atoms with E-state index in [1.807, 2.05) is 0 Å². The molecule has 0 saturated carbocycles. The van der Waals surface area contributed by atoms with Crippen molar-refractivity contribution in [2.45, 2.75) is 63.2 Å². The maximum atomic E-state index is 14.2. The zero-order valence-electron chi connectivity index (χ0n) is 20.5. The Morgan fingerprint density at radius 2 is 1.55 bits per heavy atom. The van der Waals surface area contributed by atoms with Gasteiger partial charge in [-0.05, 0) is 68.3 Å². The number of alkyl halides is 9. The standard InChI is InChI=1S/C25H25F9N2O2/c1-4-16-12-17(20-18(25(32,33)34)7-6-8-19(20)36(16)22(37)38-5-2)21(35-3)13-9-14(23(26,27)28)11-15(10-13)24(29,30)31/h6-11,16-17,21,35H,4-5,12H2,1-3H3/t16-,17-,21-/m1/s1. The van der Waals surface area contributed by atoms with Crippen molar-refractivity contribution in [3.8, 4) is 0 Å². The van der Waals surface area contributed by atoms with Crippen molar-refractivity contribution in [2.75, 3.05) is 18.6 Å². The molecule has 1 aliphatic rings. The predicted octanol–water partition coefficient (Wildman–Crippen LogP) is 7.93. The lowest BCUT2D eigenvalue weighted by Gasteiger charge is -2.43. The Morgan fingerprint density at radius 1 is 0.974 bits per heavy atom. The number of nitrogens with zero attached hydrogens (tertiary/aromatic N) is 1. The van der Waals surface area contributed by atoms with Crippen LogP contribution >= 0.6 is 0 Å². The van der Waals surface area contributed by atoms with Crippen molar-refractivity contribution in [1.82, 2.24) is 5.32 Å². The van der Waals surface area contributed by atoms with Gasteiger partial charge in [0.1, 0.15) is 0 Å². The van der Waals surface area contributed by atoms with Crippen LogP contribution in [0.5, 0.6) is 0 Å². The fourth-order valence-electron chi connectivity index (χ4n) is 4.96. The second kappa shape index (κ2) is 10.7. The van der Waals surface area contributed by atoms with E-state index < -0.39 is 70.4 Å². The Labute approximate surface area is 212 Å². The topological polar surface area (TPSA) is 41.6 Å². The maximum Gasteiger partial charge on any atom is 0.416 e. The molecule has 1 aliphatic heterocycles. The number of ether oxygens (including phenoxy) is 1. The number of carbonyl (C=O) groups is 1. The van der Waals surface area contributed by atoms with Gasteiger partial charge in [0.25, 0.3) is 0 Å². The number of anilines is 1. The van der Waals surface area contributed by atoms with Crippen LogP contribution in [0, 0.1) is 0 Å². The molecule has 0 aromatic heterocycles. The average molecular weight is 556 g/mol. The van der Waals surface area contributed by atoms with Gasteiger partial charge in [0.05, 0.1) is 29.0 Å². The molecule has 3 atom stereocenters. The van der Waals surface area contributed by atoms with Crippen LogP contribution in [-0.4, -0.2) is 25.8 Å².